The number of pyridine rings is 1. The molecule has 0 aliphatic carbocycles. The molecule has 1 aromatic carbocycles. The van der Waals surface area contributed by atoms with E-state index in [0.29, 0.717) is 6.54 Å². The van der Waals surface area contributed by atoms with Crippen LogP contribution in [-0.2, 0) is 6.54 Å². The van der Waals surface area contributed by atoms with Crippen LogP contribution in [0.25, 0.3) is 11.3 Å². The summed E-state index contributed by atoms with van der Waals surface area (Å²) in [6, 6.07) is 14.0. The van der Waals surface area contributed by atoms with Crippen LogP contribution in [0, 0.1) is 5.82 Å². The minimum absolute atomic E-state index is 0.239. The second kappa shape index (κ2) is 5.02. The predicted molar refractivity (Wildman–Crippen MR) is 71.0 cm³/mol. The molecule has 0 saturated heterocycles. The van der Waals surface area contributed by atoms with E-state index in [1.165, 1.54) is 12.1 Å². The summed E-state index contributed by atoms with van der Waals surface area (Å²) in [5.74, 6) is -0.239. The fourth-order valence-electron chi connectivity index (χ4n) is 1.88. The van der Waals surface area contributed by atoms with Gasteiger partial charge in [0.05, 0.1) is 17.9 Å². The zero-order valence-corrected chi connectivity index (χ0v) is 10.2. The van der Waals surface area contributed by atoms with Crippen LogP contribution in [0.5, 0.6) is 0 Å². The lowest BCUT2D eigenvalue weighted by Crippen LogP contribution is -2.01. The third-order valence-corrected chi connectivity index (χ3v) is 2.83. The molecule has 0 unspecified atom stereocenters. The standard InChI is InChI=1S/C15H12FN3/c16-13-6-4-12(5-7-13)15-8-10-19(18-15)11-14-3-1-2-9-17-14/h1-10H,11H2. The van der Waals surface area contributed by atoms with Gasteiger partial charge in [-0.25, -0.2) is 4.39 Å². The van der Waals surface area contributed by atoms with Crippen molar-refractivity contribution in [2.24, 2.45) is 0 Å². The van der Waals surface area contributed by atoms with Crippen LogP contribution in [0.4, 0.5) is 4.39 Å². The Labute approximate surface area is 110 Å². The Morgan fingerprint density at radius 3 is 2.58 bits per heavy atom. The first-order valence-electron chi connectivity index (χ1n) is 6.00. The van der Waals surface area contributed by atoms with Gasteiger partial charge in [-0.1, -0.05) is 6.07 Å². The quantitative estimate of drug-likeness (QED) is 0.718. The number of nitrogens with zero attached hydrogens (tertiary/aromatic N) is 3. The summed E-state index contributed by atoms with van der Waals surface area (Å²) in [5, 5.41) is 4.46. The van der Waals surface area contributed by atoms with E-state index in [1.54, 1.807) is 18.3 Å². The molecule has 0 amide bonds. The first-order chi connectivity index (χ1) is 9.31. The van der Waals surface area contributed by atoms with Crippen molar-refractivity contribution in [3.05, 3.63) is 72.4 Å². The second-order valence-electron chi connectivity index (χ2n) is 4.23. The normalized spacial score (nSPS) is 10.6. The van der Waals surface area contributed by atoms with Gasteiger partial charge in [0.15, 0.2) is 0 Å². The number of aromatic nitrogens is 3. The molecular formula is C15H12FN3. The molecule has 94 valence electrons. The van der Waals surface area contributed by atoms with Crippen LogP contribution in [0.3, 0.4) is 0 Å². The lowest BCUT2D eigenvalue weighted by molar-refractivity contribution is 0.628. The summed E-state index contributed by atoms with van der Waals surface area (Å²) in [6.07, 6.45) is 3.66. The van der Waals surface area contributed by atoms with E-state index in [-0.39, 0.29) is 5.82 Å². The minimum atomic E-state index is -0.239. The summed E-state index contributed by atoms with van der Waals surface area (Å²) in [6.45, 7) is 0.627. The first-order valence-corrected chi connectivity index (χ1v) is 6.00. The van der Waals surface area contributed by atoms with Crippen LogP contribution in [0.1, 0.15) is 5.69 Å². The molecule has 0 aliphatic heterocycles. The lowest BCUT2D eigenvalue weighted by Gasteiger charge is -2.00. The number of rotatable bonds is 3. The molecule has 0 saturated carbocycles. The van der Waals surface area contributed by atoms with Crippen molar-refractivity contribution in [2.75, 3.05) is 0 Å². The maximum absolute atomic E-state index is 12.9. The molecule has 0 N–H and O–H groups in total. The van der Waals surface area contributed by atoms with E-state index in [0.717, 1.165) is 17.0 Å². The number of hydrogen-bond acceptors (Lipinski definition) is 2. The van der Waals surface area contributed by atoms with E-state index >= 15 is 0 Å². The summed E-state index contributed by atoms with van der Waals surface area (Å²) < 4.78 is 14.7. The molecule has 2 heterocycles. The van der Waals surface area contributed by atoms with Crippen molar-refractivity contribution < 1.29 is 4.39 Å². The van der Waals surface area contributed by atoms with Crippen molar-refractivity contribution in [3.8, 4) is 11.3 Å². The van der Waals surface area contributed by atoms with Crippen molar-refractivity contribution in [1.82, 2.24) is 14.8 Å². The van der Waals surface area contributed by atoms with Crippen LogP contribution >= 0.6 is 0 Å². The Morgan fingerprint density at radius 1 is 1.00 bits per heavy atom. The monoisotopic (exact) mass is 253 g/mol. The minimum Gasteiger partial charge on any atom is -0.266 e. The van der Waals surface area contributed by atoms with E-state index in [2.05, 4.69) is 10.1 Å². The van der Waals surface area contributed by atoms with E-state index < -0.39 is 0 Å². The molecule has 0 aliphatic rings. The van der Waals surface area contributed by atoms with Gasteiger partial charge in [-0.15, -0.1) is 0 Å². The topological polar surface area (TPSA) is 30.7 Å². The molecule has 0 bridgehead atoms. The highest BCUT2D eigenvalue weighted by atomic mass is 19.1. The Bertz CT molecular complexity index is 659. The lowest BCUT2D eigenvalue weighted by atomic mass is 10.1. The Hall–Kier alpha value is -2.49. The number of hydrogen-bond donors (Lipinski definition) is 0. The van der Waals surface area contributed by atoms with Crippen molar-refractivity contribution in [1.29, 1.82) is 0 Å². The summed E-state index contributed by atoms with van der Waals surface area (Å²) in [5.41, 5.74) is 2.69. The van der Waals surface area contributed by atoms with Gasteiger partial charge in [0.2, 0.25) is 0 Å². The average Bonchev–Trinajstić information content (AvgIpc) is 2.89. The molecule has 3 aromatic rings. The molecule has 3 nitrogen and oxygen atoms in total. The van der Waals surface area contributed by atoms with E-state index in [4.69, 9.17) is 0 Å². The van der Waals surface area contributed by atoms with Gasteiger partial charge >= 0.3 is 0 Å². The van der Waals surface area contributed by atoms with E-state index in [9.17, 15) is 4.39 Å². The van der Waals surface area contributed by atoms with Gasteiger partial charge in [-0.3, -0.25) is 9.67 Å². The smallest absolute Gasteiger partial charge is 0.123 e. The Morgan fingerprint density at radius 2 is 1.84 bits per heavy atom. The third kappa shape index (κ3) is 2.68. The van der Waals surface area contributed by atoms with Crippen LogP contribution in [0.2, 0.25) is 0 Å². The molecule has 0 atom stereocenters. The fraction of sp³-hybridized carbons (Fsp3) is 0.0667. The SMILES string of the molecule is Fc1ccc(-c2ccn(Cc3ccccn3)n2)cc1. The molecule has 0 radical (unpaired) electrons. The maximum atomic E-state index is 12.9. The van der Waals surface area contributed by atoms with Crippen LogP contribution < -0.4 is 0 Å². The van der Waals surface area contributed by atoms with Gasteiger partial charge in [-0.2, -0.15) is 5.10 Å². The molecular weight excluding hydrogens is 241 g/mol. The maximum Gasteiger partial charge on any atom is 0.123 e. The highest BCUT2D eigenvalue weighted by Gasteiger charge is 2.03. The molecule has 2 aromatic heterocycles. The highest BCUT2D eigenvalue weighted by Crippen LogP contribution is 2.17. The van der Waals surface area contributed by atoms with Crippen LogP contribution in [-0.4, -0.2) is 14.8 Å². The third-order valence-electron chi connectivity index (χ3n) is 2.83. The summed E-state index contributed by atoms with van der Waals surface area (Å²) in [4.78, 5) is 4.26. The Balaban J connectivity index is 1.82. The predicted octanol–water partition coefficient (Wildman–Crippen LogP) is 3.13. The number of benzene rings is 1. The van der Waals surface area contributed by atoms with Crippen LogP contribution in [0.15, 0.2) is 60.9 Å². The summed E-state index contributed by atoms with van der Waals surface area (Å²) in [7, 11) is 0. The second-order valence-corrected chi connectivity index (χ2v) is 4.23. The zero-order valence-electron chi connectivity index (χ0n) is 10.2. The van der Waals surface area contributed by atoms with Gasteiger partial charge in [0, 0.05) is 18.0 Å². The van der Waals surface area contributed by atoms with Crippen molar-refractivity contribution >= 4 is 0 Å². The van der Waals surface area contributed by atoms with Gasteiger partial charge in [-0.05, 0) is 42.5 Å². The average molecular weight is 253 g/mol. The molecule has 0 fully saturated rings. The summed E-state index contributed by atoms with van der Waals surface area (Å²) >= 11 is 0. The molecule has 0 spiro atoms. The number of halogens is 1. The fourth-order valence-corrected chi connectivity index (χ4v) is 1.88. The van der Waals surface area contributed by atoms with Gasteiger partial charge in [0.1, 0.15) is 5.82 Å². The molecule has 4 heteroatoms. The molecule has 19 heavy (non-hydrogen) atoms. The van der Waals surface area contributed by atoms with Gasteiger partial charge in [0.25, 0.3) is 0 Å². The van der Waals surface area contributed by atoms with Gasteiger partial charge < -0.3 is 0 Å². The van der Waals surface area contributed by atoms with E-state index in [1.807, 2.05) is 35.1 Å². The zero-order chi connectivity index (χ0) is 13.1. The Kier molecular flexibility index (Phi) is 3.06. The van der Waals surface area contributed by atoms with Crippen molar-refractivity contribution in [3.63, 3.8) is 0 Å². The van der Waals surface area contributed by atoms with Crippen molar-refractivity contribution in [2.45, 2.75) is 6.54 Å². The largest absolute Gasteiger partial charge is 0.266 e. The highest BCUT2D eigenvalue weighted by molar-refractivity contribution is 5.58. The molecule has 3 rings (SSSR count). The first kappa shape index (κ1) is 11.6.